The number of rotatable bonds is 15. The summed E-state index contributed by atoms with van der Waals surface area (Å²) in [5.74, 6) is -1.57. The number of hydrogen-bond acceptors (Lipinski definition) is 6. The molecule has 12 heteroatoms. The predicted octanol–water partition coefficient (Wildman–Crippen LogP) is -1.29. The Morgan fingerprint density at radius 2 is 1.64 bits per heavy atom. The number of primary amides is 1. The van der Waals surface area contributed by atoms with Gasteiger partial charge < -0.3 is 26.5 Å². The van der Waals surface area contributed by atoms with Crippen LogP contribution < -0.4 is 21.7 Å². The lowest BCUT2D eigenvalue weighted by Gasteiger charge is -2.25. The third-order valence-corrected chi connectivity index (χ3v) is 5.23. The number of nitrogens with two attached hydrogens (primary N) is 1. The molecule has 0 fully saturated rings. The Balaban J connectivity index is 2.43. The number of urea groups is 1. The van der Waals surface area contributed by atoms with E-state index in [1.807, 2.05) is 0 Å². The molecule has 0 saturated heterocycles. The van der Waals surface area contributed by atoms with Crippen LogP contribution in [-0.4, -0.2) is 73.3 Å². The summed E-state index contributed by atoms with van der Waals surface area (Å²) in [7, 11) is 1.37. The fourth-order valence-electron chi connectivity index (χ4n) is 3.32. The highest BCUT2D eigenvalue weighted by Crippen LogP contribution is 2.09. The van der Waals surface area contributed by atoms with Crippen LogP contribution in [0.3, 0.4) is 0 Å². The van der Waals surface area contributed by atoms with Gasteiger partial charge in [0.05, 0.1) is 6.04 Å². The van der Waals surface area contributed by atoms with Gasteiger partial charge in [-0.05, 0) is 31.6 Å². The molecule has 1 aliphatic rings. The molecule has 0 unspecified atom stereocenters. The summed E-state index contributed by atoms with van der Waals surface area (Å²) in [6.07, 6.45) is 5.24. The number of unbranched alkanes of at least 4 members (excludes halogenated alkanes) is 2. The van der Waals surface area contributed by atoms with Crippen LogP contribution >= 0.6 is 0 Å². The number of carbonyl (C=O) groups excluding carboxylic acids is 6. The van der Waals surface area contributed by atoms with Crippen molar-refractivity contribution in [3.8, 4) is 0 Å². The van der Waals surface area contributed by atoms with E-state index in [0.717, 1.165) is 4.90 Å². The number of carbonyl (C=O) groups is 6. The summed E-state index contributed by atoms with van der Waals surface area (Å²) in [5, 5.41) is 7.84. The summed E-state index contributed by atoms with van der Waals surface area (Å²) in [4.78, 5) is 71.8. The summed E-state index contributed by atoms with van der Waals surface area (Å²) in [6, 6.07) is -2.18. The van der Waals surface area contributed by atoms with Crippen LogP contribution in [-0.2, 0) is 24.0 Å². The second-order valence-electron chi connectivity index (χ2n) is 8.37. The second kappa shape index (κ2) is 14.1. The minimum Gasteiger partial charge on any atom is -0.352 e. The molecule has 1 aliphatic heterocycles. The van der Waals surface area contributed by atoms with Crippen LogP contribution in [0, 0.1) is 5.92 Å². The molecule has 0 radical (unpaired) electrons. The lowest BCUT2D eigenvalue weighted by molar-refractivity contribution is -0.137. The fraction of sp³-hybridized carbons (Fsp3) is 0.619. The zero-order chi connectivity index (χ0) is 25.0. The van der Waals surface area contributed by atoms with Gasteiger partial charge in [-0.1, -0.05) is 20.3 Å². The van der Waals surface area contributed by atoms with Crippen LogP contribution in [0.4, 0.5) is 4.79 Å². The van der Waals surface area contributed by atoms with Gasteiger partial charge in [-0.15, -0.1) is 0 Å². The van der Waals surface area contributed by atoms with E-state index in [4.69, 9.17) is 5.73 Å². The summed E-state index contributed by atoms with van der Waals surface area (Å²) >= 11 is 0. The second-order valence-corrected chi connectivity index (χ2v) is 8.37. The van der Waals surface area contributed by atoms with Crippen LogP contribution in [0.5, 0.6) is 0 Å². The van der Waals surface area contributed by atoms with Crippen molar-refractivity contribution in [1.29, 1.82) is 0 Å². The Morgan fingerprint density at radius 3 is 2.18 bits per heavy atom. The van der Waals surface area contributed by atoms with Crippen molar-refractivity contribution in [2.24, 2.45) is 11.7 Å². The average Bonchev–Trinajstić information content (AvgIpc) is 3.05. The van der Waals surface area contributed by atoms with E-state index in [9.17, 15) is 28.8 Å². The van der Waals surface area contributed by atoms with E-state index < -0.39 is 24.0 Å². The fourth-order valence-corrected chi connectivity index (χ4v) is 3.32. The van der Waals surface area contributed by atoms with Crippen molar-refractivity contribution in [1.82, 2.24) is 20.9 Å². The number of hydrogen-bond donors (Lipinski definition) is 4. The van der Waals surface area contributed by atoms with E-state index in [1.54, 1.807) is 13.8 Å². The Hall–Kier alpha value is -3.18. The normalized spacial score (nSPS) is 14.8. The van der Waals surface area contributed by atoms with E-state index in [0.29, 0.717) is 38.6 Å². The zero-order valence-electron chi connectivity index (χ0n) is 19.5. The maximum absolute atomic E-state index is 12.7. The first-order chi connectivity index (χ1) is 15.5. The van der Waals surface area contributed by atoms with Gasteiger partial charge in [-0.25, -0.2) is 4.79 Å². The largest absolute Gasteiger partial charge is 0.352 e. The topological polar surface area (TPSA) is 168 Å². The lowest BCUT2D eigenvalue weighted by Crippen LogP contribution is -2.53. The first kappa shape index (κ1) is 27.9. The molecule has 0 aromatic rings. The molecule has 33 heavy (non-hydrogen) atoms. The molecule has 5 N–H and O–H groups in total. The van der Waals surface area contributed by atoms with E-state index in [1.165, 1.54) is 20.0 Å². The molecule has 6 amide bonds. The van der Waals surface area contributed by atoms with Crippen molar-refractivity contribution in [3.05, 3.63) is 12.2 Å². The van der Waals surface area contributed by atoms with Gasteiger partial charge in [0.1, 0.15) is 11.7 Å². The highest BCUT2D eigenvalue weighted by atomic mass is 16.2. The molecule has 0 spiro atoms. The maximum Gasteiger partial charge on any atom is 0.312 e. The van der Waals surface area contributed by atoms with E-state index >= 15 is 0 Å². The summed E-state index contributed by atoms with van der Waals surface area (Å²) in [6.45, 7) is 4.19. The summed E-state index contributed by atoms with van der Waals surface area (Å²) in [5.41, 5.74) is 4.78. The van der Waals surface area contributed by atoms with Crippen molar-refractivity contribution in [2.75, 3.05) is 13.1 Å². The number of nitrogens with zero attached hydrogens (tertiary/aromatic N) is 1. The van der Waals surface area contributed by atoms with Gasteiger partial charge >= 0.3 is 6.03 Å². The quantitative estimate of drug-likeness (QED) is 0.134. The highest BCUT2D eigenvalue weighted by molar-refractivity contribution is 6.59. The van der Waals surface area contributed by atoms with Gasteiger partial charge in [0.2, 0.25) is 11.8 Å². The van der Waals surface area contributed by atoms with Crippen molar-refractivity contribution in [2.45, 2.75) is 64.5 Å². The third kappa shape index (κ3) is 10.3. The predicted molar refractivity (Wildman–Crippen MR) is 123 cm³/mol. The number of nitrogens with one attached hydrogen (secondary N) is 3. The van der Waals surface area contributed by atoms with Gasteiger partial charge in [-0.3, -0.25) is 24.1 Å². The SMILES string of the molecule is BC(=O)[C@H](CCCNC(N)=O)NC(=O)[C@@H](NC(=O)CCCCCN1C(=O)C=CC1=O)C(C)C. The average molecular weight is 463 g/mol. The lowest BCUT2D eigenvalue weighted by atomic mass is 9.91. The third-order valence-electron chi connectivity index (χ3n) is 5.23. The molecule has 182 valence electrons. The monoisotopic (exact) mass is 463 g/mol. The minimum absolute atomic E-state index is 0.197. The molecule has 1 heterocycles. The highest BCUT2D eigenvalue weighted by Gasteiger charge is 2.27. The number of amides is 6. The van der Waals surface area contributed by atoms with Crippen molar-refractivity contribution >= 4 is 43.2 Å². The maximum atomic E-state index is 12.7. The minimum atomic E-state index is -0.797. The van der Waals surface area contributed by atoms with Gasteiger partial charge in [0.15, 0.2) is 7.85 Å². The molecule has 0 aromatic carbocycles. The molecule has 0 aliphatic carbocycles. The Bertz CT molecular complexity index is 767. The molecule has 0 aromatic heterocycles. The van der Waals surface area contributed by atoms with Gasteiger partial charge in [-0.2, -0.15) is 0 Å². The molecule has 0 saturated carbocycles. The zero-order valence-corrected chi connectivity index (χ0v) is 19.5. The molecule has 0 bridgehead atoms. The van der Waals surface area contributed by atoms with Gasteiger partial charge in [0.25, 0.3) is 11.8 Å². The van der Waals surface area contributed by atoms with Crippen LogP contribution in [0.15, 0.2) is 12.2 Å². The molecular formula is C21H34BN5O6. The Labute approximate surface area is 194 Å². The Morgan fingerprint density at radius 1 is 1.00 bits per heavy atom. The Kier molecular flexibility index (Phi) is 11.9. The summed E-state index contributed by atoms with van der Waals surface area (Å²) < 4.78 is 0. The molecular weight excluding hydrogens is 429 g/mol. The van der Waals surface area contributed by atoms with Crippen LogP contribution in [0.2, 0.25) is 0 Å². The smallest absolute Gasteiger partial charge is 0.312 e. The molecule has 1 rings (SSSR count). The van der Waals surface area contributed by atoms with Crippen molar-refractivity contribution in [3.63, 3.8) is 0 Å². The van der Waals surface area contributed by atoms with Gasteiger partial charge in [0, 0.05) is 31.7 Å². The first-order valence-electron chi connectivity index (χ1n) is 11.2. The van der Waals surface area contributed by atoms with Crippen LogP contribution in [0.25, 0.3) is 0 Å². The number of imide groups is 1. The first-order valence-corrected chi connectivity index (χ1v) is 11.2. The van der Waals surface area contributed by atoms with Crippen molar-refractivity contribution < 1.29 is 28.8 Å². The van der Waals surface area contributed by atoms with E-state index in [-0.39, 0.29) is 42.3 Å². The standard InChI is InChI=1S/C21H34BN5O6/c1-13(2)18(20(32)25-14(19(22)31)7-6-11-24-21(23)33)26-15(28)8-4-3-5-12-27-16(29)9-10-17(27)30/h9-10,13-14,18H,3-8,11-12,22H2,1-2H3,(H,25,32)(H,26,28)(H3,23,24,33)/t14-,18-/m0/s1. The van der Waals surface area contributed by atoms with Crippen LogP contribution in [0.1, 0.15) is 52.4 Å². The molecule has 2 atom stereocenters. The van der Waals surface area contributed by atoms with E-state index in [2.05, 4.69) is 16.0 Å². The molecule has 11 nitrogen and oxygen atoms in total.